The zero-order chi connectivity index (χ0) is 17.1. The summed E-state index contributed by atoms with van der Waals surface area (Å²) in [6, 6.07) is 10.0. The van der Waals surface area contributed by atoms with E-state index in [2.05, 4.69) is 36.1 Å². The number of anilines is 1. The Labute approximate surface area is 146 Å². The maximum Gasteiger partial charge on any atom is 0.138 e. The first-order valence-corrected chi connectivity index (χ1v) is 9.12. The van der Waals surface area contributed by atoms with E-state index in [9.17, 15) is 5.11 Å². The van der Waals surface area contributed by atoms with E-state index in [4.69, 9.17) is 0 Å². The molecule has 1 unspecified atom stereocenters. The van der Waals surface area contributed by atoms with Crippen LogP contribution in [0.2, 0.25) is 0 Å². The number of thiophene rings is 1. The third-order valence-corrected chi connectivity index (χ3v) is 5.31. The van der Waals surface area contributed by atoms with Crippen molar-refractivity contribution in [3.8, 4) is 0 Å². The second kappa shape index (κ2) is 7.28. The molecule has 3 rings (SSSR count). The molecule has 4 nitrogen and oxygen atoms in total. The van der Waals surface area contributed by atoms with E-state index in [0.29, 0.717) is 13.0 Å². The van der Waals surface area contributed by atoms with Gasteiger partial charge in [-0.25, -0.2) is 9.97 Å². The number of rotatable bonds is 6. The largest absolute Gasteiger partial charge is 0.391 e. The lowest BCUT2D eigenvalue weighted by atomic mass is 10.1. The van der Waals surface area contributed by atoms with E-state index < -0.39 is 6.10 Å². The average Bonchev–Trinajstić information content (AvgIpc) is 2.88. The Kier molecular flexibility index (Phi) is 5.11. The molecule has 0 saturated carbocycles. The van der Waals surface area contributed by atoms with Crippen molar-refractivity contribution in [1.29, 1.82) is 0 Å². The molecule has 126 valence electrons. The van der Waals surface area contributed by atoms with E-state index in [1.54, 1.807) is 11.3 Å². The van der Waals surface area contributed by atoms with Gasteiger partial charge < -0.3 is 10.4 Å². The molecular weight excluding hydrogens is 318 g/mol. The number of aromatic nitrogens is 2. The van der Waals surface area contributed by atoms with Gasteiger partial charge in [-0.1, -0.05) is 37.3 Å². The lowest BCUT2D eigenvalue weighted by Crippen LogP contribution is -2.22. The molecular formula is C19H23N3OS. The number of nitrogens with zero attached hydrogens (tertiary/aromatic N) is 2. The summed E-state index contributed by atoms with van der Waals surface area (Å²) in [6.45, 7) is 6.75. The summed E-state index contributed by atoms with van der Waals surface area (Å²) in [4.78, 5) is 11.6. The highest BCUT2D eigenvalue weighted by atomic mass is 32.1. The van der Waals surface area contributed by atoms with Gasteiger partial charge in [0.25, 0.3) is 0 Å². The second-order valence-electron chi connectivity index (χ2n) is 6.03. The van der Waals surface area contributed by atoms with Crippen LogP contribution < -0.4 is 5.32 Å². The minimum atomic E-state index is -0.456. The van der Waals surface area contributed by atoms with Crippen LogP contribution in [0.5, 0.6) is 0 Å². The molecule has 0 aliphatic rings. The molecule has 5 heteroatoms. The van der Waals surface area contributed by atoms with Gasteiger partial charge in [0.2, 0.25) is 0 Å². The molecule has 2 aromatic heterocycles. The third kappa shape index (κ3) is 3.57. The summed E-state index contributed by atoms with van der Waals surface area (Å²) in [6.07, 6.45) is 0.972. The summed E-state index contributed by atoms with van der Waals surface area (Å²) < 4.78 is 0. The van der Waals surface area contributed by atoms with E-state index in [1.165, 1.54) is 10.4 Å². The molecule has 3 aromatic rings. The molecule has 24 heavy (non-hydrogen) atoms. The smallest absolute Gasteiger partial charge is 0.138 e. The Bertz CT molecular complexity index is 829. The number of aryl methyl sites for hydroxylation is 3. The van der Waals surface area contributed by atoms with Crippen molar-refractivity contribution in [3.05, 3.63) is 52.2 Å². The molecule has 1 atom stereocenters. The Morgan fingerprint density at radius 2 is 1.92 bits per heavy atom. The van der Waals surface area contributed by atoms with Crippen LogP contribution in [0.3, 0.4) is 0 Å². The predicted molar refractivity (Wildman–Crippen MR) is 101 cm³/mol. The van der Waals surface area contributed by atoms with Crippen LogP contribution in [0.15, 0.2) is 30.3 Å². The molecule has 2 heterocycles. The Balaban J connectivity index is 1.79. The van der Waals surface area contributed by atoms with E-state index >= 15 is 0 Å². The Hall–Kier alpha value is -1.98. The zero-order valence-electron chi connectivity index (χ0n) is 14.3. The van der Waals surface area contributed by atoms with Crippen molar-refractivity contribution in [2.24, 2.45) is 0 Å². The summed E-state index contributed by atoms with van der Waals surface area (Å²) in [5.74, 6) is 1.68. The number of fused-ring (bicyclic) bond motifs is 1. The lowest BCUT2D eigenvalue weighted by Gasteiger charge is -2.14. The summed E-state index contributed by atoms with van der Waals surface area (Å²) in [5.41, 5.74) is 2.36. The van der Waals surface area contributed by atoms with Crippen molar-refractivity contribution in [1.82, 2.24) is 9.97 Å². The molecule has 0 radical (unpaired) electrons. The van der Waals surface area contributed by atoms with Gasteiger partial charge in [-0.15, -0.1) is 11.3 Å². The van der Waals surface area contributed by atoms with Gasteiger partial charge >= 0.3 is 0 Å². The Morgan fingerprint density at radius 1 is 1.17 bits per heavy atom. The van der Waals surface area contributed by atoms with Crippen LogP contribution in [0.1, 0.15) is 28.8 Å². The van der Waals surface area contributed by atoms with Crippen LogP contribution in [0.25, 0.3) is 10.2 Å². The quantitative estimate of drug-likeness (QED) is 0.714. The van der Waals surface area contributed by atoms with Gasteiger partial charge in [0.05, 0.1) is 11.5 Å². The number of aliphatic hydroxyl groups excluding tert-OH is 1. The molecule has 0 amide bonds. The van der Waals surface area contributed by atoms with E-state index in [-0.39, 0.29) is 0 Å². The first kappa shape index (κ1) is 16.9. The van der Waals surface area contributed by atoms with Crippen molar-refractivity contribution in [2.75, 3.05) is 11.9 Å². The van der Waals surface area contributed by atoms with Gasteiger partial charge in [-0.05, 0) is 25.0 Å². The molecule has 0 fully saturated rings. The number of hydrogen-bond acceptors (Lipinski definition) is 5. The molecule has 0 aliphatic carbocycles. The van der Waals surface area contributed by atoms with Gasteiger partial charge in [0, 0.05) is 24.3 Å². The SMILES string of the molecule is CCc1nc(NCC(O)Cc2ccccc2)c2c(C)c(C)sc2n1. The normalized spacial score (nSPS) is 12.5. The summed E-state index contributed by atoms with van der Waals surface area (Å²) in [7, 11) is 0. The molecule has 0 aliphatic heterocycles. The van der Waals surface area contributed by atoms with Crippen molar-refractivity contribution in [3.63, 3.8) is 0 Å². The summed E-state index contributed by atoms with van der Waals surface area (Å²) >= 11 is 1.71. The standard InChI is InChI=1S/C19H23N3OS/c1-4-16-21-18(17-12(2)13(3)24-19(17)22-16)20-11-15(23)10-14-8-6-5-7-9-14/h5-9,15,23H,4,10-11H2,1-3H3,(H,20,21,22). The number of hydrogen-bond donors (Lipinski definition) is 2. The fourth-order valence-corrected chi connectivity index (χ4v) is 3.80. The predicted octanol–water partition coefficient (Wildman–Crippen LogP) is 3.89. The van der Waals surface area contributed by atoms with E-state index in [0.717, 1.165) is 33.8 Å². The maximum atomic E-state index is 10.3. The van der Waals surface area contributed by atoms with E-state index in [1.807, 2.05) is 30.3 Å². The highest BCUT2D eigenvalue weighted by Crippen LogP contribution is 2.33. The maximum absolute atomic E-state index is 10.3. The second-order valence-corrected chi connectivity index (χ2v) is 7.23. The fourth-order valence-electron chi connectivity index (χ4n) is 2.75. The minimum Gasteiger partial charge on any atom is -0.391 e. The van der Waals surface area contributed by atoms with Crippen molar-refractivity contribution in [2.45, 2.75) is 39.7 Å². The molecule has 0 bridgehead atoms. The van der Waals surface area contributed by atoms with Crippen LogP contribution >= 0.6 is 11.3 Å². The topological polar surface area (TPSA) is 58.0 Å². The van der Waals surface area contributed by atoms with Gasteiger partial charge in [-0.2, -0.15) is 0 Å². The summed E-state index contributed by atoms with van der Waals surface area (Å²) in [5, 5.41) is 14.8. The zero-order valence-corrected chi connectivity index (χ0v) is 15.2. The molecule has 0 saturated heterocycles. The highest BCUT2D eigenvalue weighted by Gasteiger charge is 2.15. The monoisotopic (exact) mass is 341 g/mol. The fraction of sp³-hybridized carbons (Fsp3) is 0.368. The third-order valence-electron chi connectivity index (χ3n) is 4.21. The lowest BCUT2D eigenvalue weighted by molar-refractivity contribution is 0.188. The first-order valence-electron chi connectivity index (χ1n) is 8.31. The molecule has 2 N–H and O–H groups in total. The molecule has 1 aromatic carbocycles. The van der Waals surface area contributed by atoms with Gasteiger partial charge in [-0.3, -0.25) is 0 Å². The van der Waals surface area contributed by atoms with Gasteiger partial charge in [0.1, 0.15) is 16.5 Å². The number of nitrogens with one attached hydrogen (secondary N) is 1. The van der Waals surface area contributed by atoms with Crippen LogP contribution in [-0.2, 0) is 12.8 Å². The van der Waals surface area contributed by atoms with Crippen LogP contribution in [0, 0.1) is 13.8 Å². The first-order chi connectivity index (χ1) is 11.6. The van der Waals surface area contributed by atoms with Crippen molar-refractivity contribution < 1.29 is 5.11 Å². The number of aliphatic hydroxyl groups is 1. The van der Waals surface area contributed by atoms with Crippen LogP contribution in [-0.4, -0.2) is 27.7 Å². The highest BCUT2D eigenvalue weighted by molar-refractivity contribution is 7.18. The average molecular weight is 341 g/mol. The Morgan fingerprint density at radius 3 is 2.62 bits per heavy atom. The van der Waals surface area contributed by atoms with Gasteiger partial charge in [0.15, 0.2) is 0 Å². The molecule has 0 spiro atoms. The van der Waals surface area contributed by atoms with Crippen LogP contribution in [0.4, 0.5) is 5.82 Å². The number of benzene rings is 1. The minimum absolute atomic E-state index is 0.456. The van der Waals surface area contributed by atoms with Crippen molar-refractivity contribution >= 4 is 27.4 Å².